The smallest absolute Gasteiger partial charge is 0.335 e. The molecule has 0 bridgehead atoms. The summed E-state index contributed by atoms with van der Waals surface area (Å²) in [6, 6.07) is 11.8. The monoisotopic (exact) mass is 364 g/mol. The highest BCUT2D eigenvalue weighted by Crippen LogP contribution is 2.45. The molecule has 26 heavy (non-hydrogen) atoms. The van der Waals surface area contributed by atoms with Crippen LogP contribution in [0.4, 0.5) is 0 Å². The minimum Gasteiger partial charge on any atom is -0.478 e. The highest BCUT2D eigenvalue weighted by molar-refractivity contribution is 8.00. The number of fused-ring (bicyclic) bond motifs is 1. The van der Waals surface area contributed by atoms with Crippen LogP contribution in [0.2, 0.25) is 0 Å². The van der Waals surface area contributed by atoms with Gasteiger partial charge in [0.25, 0.3) is 0 Å². The molecule has 2 nitrogen and oxygen atoms in total. The van der Waals surface area contributed by atoms with Gasteiger partial charge in [-0.3, -0.25) is 0 Å². The number of hydrogen-bond acceptors (Lipinski definition) is 2. The molecule has 0 radical (unpaired) electrons. The largest absolute Gasteiger partial charge is 0.478 e. The van der Waals surface area contributed by atoms with Crippen LogP contribution in [-0.4, -0.2) is 16.3 Å². The van der Waals surface area contributed by atoms with Crippen molar-refractivity contribution in [3.63, 3.8) is 0 Å². The molecule has 1 N–H and O–H groups in total. The Hall–Kier alpha value is -2.18. The minimum atomic E-state index is -0.884. The Morgan fingerprint density at radius 2 is 1.85 bits per heavy atom. The van der Waals surface area contributed by atoms with E-state index in [-0.39, 0.29) is 5.41 Å². The topological polar surface area (TPSA) is 37.3 Å². The van der Waals surface area contributed by atoms with Gasteiger partial charge in [0.2, 0.25) is 0 Å². The number of carboxylic acids is 1. The third-order valence-corrected chi connectivity index (χ3v) is 6.08. The summed E-state index contributed by atoms with van der Waals surface area (Å²) < 4.78 is 0. The lowest BCUT2D eigenvalue weighted by Gasteiger charge is -2.35. The van der Waals surface area contributed by atoms with Gasteiger partial charge >= 0.3 is 5.97 Å². The number of hydrogen-bond donors (Lipinski definition) is 1. The Bertz CT molecular complexity index is 916. The summed E-state index contributed by atoms with van der Waals surface area (Å²) in [5, 5.41) is 9.87. The summed E-state index contributed by atoms with van der Waals surface area (Å²) in [5.74, 6) is 5.56. The summed E-state index contributed by atoms with van der Waals surface area (Å²) in [6.45, 7) is 8.85. The van der Waals surface area contributed by atoms with Crippen molar-refractivity contribution < 1.29 is 9.90 Å². The molecule has 0 aromatic heterocycles. The molecule has 2 aromatic rings. The van der Waals surface area contributed by atoms with Crippen LogP contribution >= 0.6 is 11.8 Å². The normalized spacial score (nSPS) is 17.8. The molecule has 3 rings (SSSR count). The second kappa shape index (κ2) is 7.21. The standard InChI is InChI=1S/C23H24O2S/c1-5-18-12-16(8-10-19(18)22(24)25)6-7-17-9-11-21-20(13-17)23(3,4)14-15(2)26-21/h8-13,15H,5,14H2,1-4H3,(H,24,25). The van der Waals surface area contributed by atoms with Gasteiger partial charge in [-0.15, -0.1) is 11.8 Å². The average Bonchev–Trinajstić information content (AvgIpc) is 2.59. The van der Waals surface area contributed by atoms with Crippen LogP contribution in [0.25, 0.3) is 0 Å². The van der Waals surface area contributed by atoms with Crippen LogP contribution in [0.15, 0.2) is 41.3 Å². The third kappa shape index (κ3) is 3.81. The fourth-order valence-corrected chi connectivity index (χ4v) is 5.19. The van der Waals surface area contributed by atoms with E-state index in [1.165, 1.54) is 10.5 Å². The zero-order chi connectivity index (χ0) is 18.9. The molecule has 0 spiro atoms. The molecule has 134 valence electrons. The van der Waals surface area contributed by atoms with Gasteiger partial charge in [0.15, 0.2) is 0 Å². The predicted octanol–water partition coefficient (Wildman–Crippen LogP) is 5.51. The number of aromatic carboxylic acids is 1. The van der Waals surface area contributed by atoms with E-state index in [0.29, 0.717) is 17.2 Å². The van der Waals surface area contributed by atoms with Crippen LogP contribution in [0.1, 0.15) is 66.7 Å². The summed E-state index contributed by atoms with van der Waals surface area (Å²) in [5.41, 5.74) is 4.58. The number of rotatable bonds is 2. The molecule has 1 atom stereocenters. The van der Waals surface area contributed by atoms with Crippen molar-refractivity contribution in [3.8, 4) is 11.8 Å². The molecule has 0 amide bonds. The quantitative estimate of drug-likeness (QED) is 0.714. The Morgan fingerprint density at radius 3 is 2.50 bits per heavy atom. The highest BCUT2D eigenvalue weighted by atomic mass is 32.2. The van der Waals surface area contributed by atoms with Gasteiger partial charge < -0.3 is 5.11 Å². The molecule has 1 aliphatic heterocycles. The first-order chi connectivity index (χ1) is 12.3. The molecule has 3 heteroatoms. The highest BCUT2D eigenvalue weighted by Gasteiger charge is 2.31. The molecular weight excluding hydrogens is 340 g/mol. The van der Waals surface area contributed by atoms with Gasteiger partial charge in [0, 0.05) is 21.3 Å². The van der Waals surface area contributed by atoms with E-state index < -0.39 is 5.97 Å². The fraction of sp³-hybridized carbons (Fsp3) is 0.348. The first-order valence-corrected chi connectivity index (χ1v) is 9.87. The third-order valence-electron chi connectivity index (χ3n) is 4.90. The van der Waals surface area contributed by atoms with Crippen molar-refractivity contribution in [2.75, 3.05) is 0 Å². The first-order valence-electron chi connectivity index (χ1n) is 8.99. The lowest BCUT2D eigenvalue weighted by molar-refractivity contribution is 0.0695. The van der Waals surface area contributed by atoms with Crippen LogP contribution in [-0.2, 0) is 11.8 Å². The van der Waals surface area contributed by atoms with Gasteiger partial charge in [-0.1, -0.05) is 39.5 Å². The maximum atomic E-state index is 11.3. The fourth-order valence-electron chi connectivity index (χ4n) is 3.64. The molecule has 1 unspecified atom stereocenters. The second-order valence-corrected chi connectivity index (χ2v) is 8.99. The van der Waals surface area contributed by atoms with Crippen molar-refractivity contribution >= 4 is 17.7 Å². The van der Waals surface area contributed by atoms with Crippen molar-refractivity contribution in [1.82, 2.24) is 0 Å². The molecule has 0 saturated carbocycles. The number of carbonyl (C=O) groups is 1. The Labute approximate surface area is 160 Å². The van der Waals surface area contributed by atoms with Crippen molar-refractivity contribution in [2.45, 2.75) is 56.1 Å². The molecule has 0 aliphatic carbocycles. The maximum Gasteiger partial charge on any atom is 0.335 e. The summed E-state index contributed by atoms with van der Waals surface area (Å²) in [6.07, 6.45) is 1.84. The SMILES string of the molecule is CCc1cc(C#Cc2ccc3c(c2)C(C)(C)CC(C)S3)ccc1C(=O)O. The lowest BCUT2D eigenvalue weighted by Crippen LogP contribution is -2.26. The van der Waals surface area contributed by atoms with Gasteiger partial charge in [0.05, 0.1) is 5.56 Å². The predicted molar refractivity (Wildman–Crippen MR) is 108 cm³/mol. The maximum absolute atomic E-state index is 11.3. The van der Waals surface area contributed by atoms with Crippen LogP contribution in [0, 0.1) is 11.8 Å². The Kier molecular flexibility index (Phi) is 5.16. The van der Waals surface area contributed by atoms with E-state index in [2.05, 4.69) is 50.8 Å². The minimum absolute atomic E-state index is 0.163. The molecule has 0 fully saturated rings. The first kappa shape index (κ1) is 18.6. The number of aryl methyl sites for hydroxylation is 1. The van der Waals surface area contributed by atoms with Gasteiger partial charge in [-0.25, -0.2) is 4.79 Å². The molecule has 2 aromatic carbocycles. The zero-order valence-corrected chi connectivity index (χ0v) is 16.5. The number of thioether (sulfide) groups is 1. The van der Waals surface area contributed by atoms with E-state index in [9.17, 15) is 9.90 Å². The van der Waals surface area contributed by atoms with E-state index in [4.69, 9.17) is 0 Å². The summed E-state index contributed by atoms with van der Waals surface area (Å²) >= 11 is 1.94. The number of carboxylic acid groups (broad SMARTS) is 1. The van der Waals surface area contributed by atoms with E-state index >= 15 is 0 Å². The van der Waals surface area contributed by atoms with E-state index in [1.54, 1.807) is 12.1 Å². The average molecular weight is 365 g/mol. The zero-order valence-electron chi connectivity index (χ0n) is 15.7. The van der Waals surface area contributed by atoms with Gasteiger partial charge in [0.1, 0.15) is 0 Å². The lowest BCUT2D eigenvalue weighted by atomic mass is 9.79. The van der Waals surface area contributed by atoms with Crippen molar-refractivity contribution in [2.24, 2.45) is 0 Å². The molecule has 1 heterocycles. The Balaban J connectivity index is 1.93. The summed E-state index contributed by atoms with van der Waals surface area (Å²) in [7, 11) is 0. The van der Waals surface area contributed by atoms with Gasteiger partial charge in [-0.05, 0) is 65.8 Å². The Morgan fingerprint density at radius 1 is 1.19 bits per heavy atom. The van der Waals surface area contributed by atoms with Crippen LogP contribution in [0.3, 0.4) is 0 Å². The molecule has 0 saturated heterocycles. The van der Waals surface area contributed by atoms with Gasteiger partial charge in [-0.2, -0.15) is 0 Å². The molecule has 1 aliphatic rings. The van der Waals surface area contributed by atoms with E-state index in [0.717, 1.165) is 23.1 Å². The van der Waals surface area contributed by atoms with E-state index in [1.807, 2.05) is 24.8 Å². The second-order valence-electron chi connectivity index (χ2n) is 7.51. The van der Waals surface area contributed by atoms with Crippen molar-refractivity contribution in [1.29, 1.82) is 0 Å². The summed E-state index contributed by atoms with van der Waals surface area (Å²) in [4.78, 5) is 12.6. The van der Waals surface area contributed by atoms with Crippen molar-refractivity contribution in [3.05, 3.63) is 64.2 Å². The number of benzene rings is 2. The van der Waals surface area contributed by atoms with Crippen LogP contribution in [0.5, 0.6) is 0 Å². The van der Waals surface area contributed by atoms with Crippen LogP contribution < -0.4 is 0 Å². The molecular formula is C23H24O2S.